The Balaban J connectivity index is 2.67. The summed E-state index contributed by atoms with van der Waals surface area (Å²) >= 11 is 0. The Morgan fingerprint density at radius 2 is 1.68 bits per heavy atom. The molecule has 4 nitrogen and oxygen atoms in total. The highest BCUT2D eigenvalue weighted by Crippen LogP contribution is 2.15. The van der Waals surface area contributed by atoms with E-state index < -0.39 is 17.8 Å². The van der Waals surface area contributed by atoms with Crippen LogP contribution in [0.2, 0.25) is 0 Å². The van der Waals surface area contributed by atoms with Gasteiger partial charge in [0.15, 0.2) is 0 Å². The van der Waals surface area contributed by atoms with Crippen molar-refractivity contribution in [3.8, 4) is 0 Å². The fraction of sp³-hybridized carbons (Fsp3) is 0.467. The van der Waals surface area contributed by atoms with Gasteiger partial charge in [0.1, 0.15) is 0 Å². The average Bonchev–Trinajstić information content (AvgIpc) is 2.38. The second-order valence-corrected chi connectivity index (χ2v) is 5.10. The topological polar surface area (TPSA) is 57.6 Å². The largest absolute Gasteiger partial charge is 0.481 e. The molecule has 0 aliphatic heterocycles. The third kappa shape index (κ3) is 4.09. The van der Waals surface area contributed by atoms with Crippen LogP contribution in [-0.2, 0) is 16.1 Å². The molecule has 1 aromatic carbocycles. The van der Waals surface area contributed by atoms with Crippen LogP contribution in [0.3, 0.4) is 0 Å². The van der Waals surface area contributed by atoms with Crippen LogP contribution in [0.1, 0.15) is 25.0 Å². The molecule has 0 heterocycles. The molecule has 0 spiro atoms. The number of hydrogen-bond donors (Lipinski definition) is 1. The number of nitrogens with zero attached hydrogens (tertiary/aromatic N) is 1. The molecule has 0 radical (unpaired) electrons. The van der Waals surface area contributed by atoms with Crippen LogP contribution in [0.25, 0.3) is 0 Å². The van der Waals surface area contributed by atoms with E-state index in [-0.39, 0.29) is 5.91 Å². The molecule has 104 valence electrons. The first kappa shape index (κ1) is 15.2. The SMILES string of the molecule is Cc1ccc(CN(C)C(=O)C(C)C(C)C(=O)O)cc1. The van der Waals surface area contributed by atoms with Gasteiger partial charge in [-0.15, -0.1) is 0 Å². The van der Waals surface area contributed by atoms with Gasteiger partial charge < -0.3 is 10.0 Å². The molecule has 0 aliphatic rings. The maximum absolute atomic E-state index is 12.1. The fourth-order valence-corrected chi connectivity index (χ4v) is 1.82. The van der Waals surface area contributed by atoms with Gasteiger partial charge in [-0.3, -0.25) is 9.59 Å². The number of carboxylic acid groups (broad SMARTS) is 1. The van der Waals surface area contributed by atoms with Crippen LogP contribution in [0.15, 0.2) is 24.3 Å². The molecule has 1 aromatic rings. The lowest BCUT2D eigenvalue weighted by molar-refractivity contribution is -0.148. The molecular weight excluding hydrogens is 242 g/mol. The second-order valence-electron chi connectivity index (χ2n) is 5.10. The Bertz CT molecular complexity index is 453. The third-order valence-corrected chi connectivity index (χ3v) is 3.45. The number of carboxylic acids is 1. The third-order valence-electron chi connectivity index (χ3n) is 3.45. The van der Waals surface area contributed by atoms with E-state index in [1.807, 2.05) is 31.2 Å². The molecule has 0 aliphatic carbocycles. The molecule has 1 N–H and O–H groups in total. The highest BCUT2D eigenvalue weighted by molar-refractivity contribution is 5.84. The van der Waals surface area contributed by atoms with Crippen molar-refractivity contribution in [2.24, 2.45) is 11.8 Å². The average molecular weight is 263 g/mol. The summed E-state index contributed by atoms with van der Waals surface area (Å²) < 4.78 is 0. The Hall–Kier alpha value is -1.84. The highest BCUT2D eigenvalue weighted by Gasteiger charge is 2.27. The molecule has 19 heavy (non-hydrogen) atoms. The van der Waals surface area contributed by atoms with Crippen LogP contribution >= 0.6 is 0 Å². The number of carbonyl (C=O) groups excluding carboxylic acids is 1. The summed E-state index contributed by atoms with van der Waals surface area (Å²) in [5.74, 6) is -2.28. The van der Waals surface area contributed by atoms with E-state index in [1.54, 1.807) is 25.8 Å². The van der Waals surface area contributed by atoms with Crippen molar-refractivity contribution in [2.75, 3.05) is 7.05 Å². The summed E-state index contributed by atoms with van der Waals surface area (Å²) in [5.41, 5.74) is 2.21. The zero-order chi connectivity index (χ0) is 14.6. The first-order chi connectivity index (χ1) is 8.82. The smallest absolute Gasteiger partial charge is 0.307 e. The van der Waals surface area contributed by atoms with Gasteiger partial charge in [0.25, 0.3) is 0 Å². The number of amides is 1. The summed E-state index contributed by atoms with van der Waals surface area (Å²) in [6.45, 7) is 5.72. The monoisotopic (exact) mass is 263 g/mol. The van der Waals surface area contributed by atoms with Gasteiger partial charge in [-0.05, 0) is 12.5 Å². The van der Waals surface area contributed by atoms with Crippen LogP contribution < -0.4 is 0 Å². The van der Waals surface area contributed by atoms with E-state index in [1.165, 1.54) is 5.56 Å². The lowest BCUT2D eigenvalue weighted by Gasteiger charge is -2.23. The van der Waals surface area contributed by atoms with E-state index in [0.29, 0.717) is 6.54 Å². The van der Waals surface area contributed by atoms with Crippen molar-refractivity contribution in [2.45, 2.75) is 27.3 Å². The molecule has 1 amide bonds. The van der Waals surface area contributed by atoms with E-state index >= 15 is 0 Å². The number of aliphatic carboxylic acids is 1. The normalized spacial score (nSPS) is 13.7. The molecule has 0 saturated carbocycles. The Morgan fingerprint density at radius 3 is 2.16 bits per heavy atom. The number of rotatable bonds is 5. The molecule has 0 saturated heterocycles. The predicted molar refractivity (Wildman–Crippen MR) is 73.6 cm³/mol. The minimum atomic E-state index is -0.940. The molecule has 0 bridgehead atoms. The molecule has 0 aromatic heterocycles. The molecule has 2 atom stereocenters. The van der Waals surface area contributed by atoms with Crippen molar-refractivity contribution in [3.63, 3.8) is 0 Å². The van der Waals surface area contributed by atoms with Crippen molar-refractivity contribution in [3.05, 3.63) is 35.4 Å². The second kappa shape index (κ2) is 6.36. The Kier molecular flexibility index (Phi) is 5.10. The first-order valence-corrected chi connectivity index (χ1v) is 6.36. The summed E-state index contributed by atoms with van der Waals surface area (Å²) in [4.78, 5) is 24.6. The van der Waals surface area contributed by atoms with Gasteiger partial charge >= 0.3 is 5.97 Å². The standard InChI is InChI=1S/C15H21NO3/c1-10-5-7-13(8-6-10)9-16(4)14(17)11(2)12(3)15(18)19/h5-8,11-12H,9H2,1-4H3,(H,18,19). The Labute approximate surface area is 114 Å². The zero-order valence-corrected chi connectivity index (χ0v) is 11.9. The van der Waals surface area contributed by atoms with Gasteiger partial charge in [-0.2, -0.15) is 0 Å². The van der Waals surface area contributed by atoms with Gasteiger partial charge in [-0.1, -0.05) is 43.7 Å². The Morgan fingerprint density at radius 1 is 1.16 bits per heavy atom. The van der Waals surface area contributed by atoms with Crippen molar-refractivity contribution < 1.29 is 14.7 Å². The van der Waals surface area contributed by atoms with Gasteiger partial charge in [-0.25, -0.2) is 0 Å². The van der Waals surface area contributed by atoms with Crippen LogP contribution in [0, 0.1) is 18.8 Å². The van der Waals surface area contributed by atoms with Crippen LogP contribution in [0.5, 0.6) is 0 Å². The van der Waals surface area contributed by atoms with Crippen molar-refractivity contribution in [1.29, 1.82) is 0 Å². The summed E-state index contributed by atoms with van der Waals surface area (Å²) in [6.07, 6.45) is 0. The minimum absolute atomic E-state index is 0.143. The lowest BCUT2D eigenvalue weighted by Crippen LogP contribution is -2.36. The summed E-state index contributed by atoms with van der Waals surface area (Å²) in [5, 5.41) is 8.93. The number of hydrogen-bond acceptors (Lipinski definition) is 2. The number of benzene rings is 1. The minimum Gasteiger partial charge on any atom is -0.481 e. The number of carbonyl (C=O) groups is 2. The van der Waals surface area contributed by atoms with E-state index in [0.717, 1.165) is 5.56 Å². The molecule has 4 heteroatoms. The quantitative estimate of drug-likeness (QED) is 0.887. The van der Waals surface area contributed by atoms with Gasteiger partial charge in [0.05, 0.1) is 5.92 Å². The maximum Gasteiger partial charge on any atom is 0.307 e. The summed E-state index contributed by atoms with van der Waals surface area (Å²) in [7, 11) is 1.70. The zero-order valence-electron chi connectivity index (χ0n) is 11.9. The molecule has 0 fully saturated rings. The lowest BCUT2D eigenvalue weighted by atomic mass is 9.94. The fourth-order valence-electron chi connectivity index (χ4n) is 1.82. The van der Waals surface area contributed by atoms with Crippen LogP contribution in [-0.4, -0.2) is 28.9 Å². The van der Waals surface area contributed by atoms with Crippen LogP contribution in [0.4, 0.5) is 0 Å². The van der Waals surface area contributed by atoms with E-state index in [2.05, 4.69) is 0 Å². The van der Waals surface area contributed by atoms with Crippen molar-refractivity contribution in [1.82, 2.24) is 4.90 Å². The van der Waals surface area contributed by atoms with Gasteiger partial charge in [0.2, 0.25) is 5.91 Å². The van der Waals surface area contributed by atoms with Gasteiger partial charge in [0, 0.05) is 19.5 Å². The molecule has 1 rings (SSSR count). The number of aryl methyl sites for hydroxylation is 1. The first-order valence-electron chi connectivity index (χ1n) is 6.36. The van der Waals surface area contributed by atoms with E-state index in [9.17, 15) is 9.59 Å². The van der Waals surface area contributed by atoms with Crippen molar-refractivity contribution >= 4 is 11.9 Å². The van der Waals surface area contributed by atoms with E-state index in [4.69, 9.17) is 5.11 Å². The maximum atomic E-state index is 12.1. The summed E-state index contributed by atoms with van der Waals surface area (Å²) in [6, 6.07) is 7.95. The predicted octanol–water partition coefficient (Wildman–Crippen LogP) is 2.31. The molecular formula is C15H21NO3. The molecule has 2 unspecified atom stereocenters. The highest BCUT2D eigenvalue weighted by atomic mass is 16.4.